The average Bonchev–Trinajstić information content (AvgIpc) is 3.05. The molecule has 2 aromatic carbocycles. The van der Waals surface area contributed by atoms with Gasteiger partial charge in [-0.25, -0.2) is 4.79 Å². The fraction of sp³-hybridized carbons (Fsp3) is 0.240. The van der Waals surface area contributed by atoms with Crippen molar-refractivity contribution in [2.75, 3.05) is 0 Å². The number of hydrogen-bond donors (Lipinski definition) is 1. The summed E-state index contributed by atoms with van der Waals surface area (Å²) in [6.45, 7) is 7.41. The van der Waals surface area contributed by atoms with Crippen LogP contribution in [0.5, 0.6) is 0 Å². The van der Waals surface area contributed by atoms with Crippen LogP contribution < -0.4 is 16.0 Å². The third-order valence-electron chi connectivity index (χ3n) is 5.96. The minimum absolute atomic E-state index is 0.178. The second-order valence-electron chi connectivity index (χ2n) is 7.94. The van der Waals surface area contributed by atoms with E-state index in [0.717, 1.165) is 16.7 Å². The SMILES string of the molecule is Cc1oc2c(C)c3oc(=O)c(CC(=O)N[C@@H](C(=O)[O-])c4ccccc4)c(C)c3cc2c1C. The van der Waals surface area contributed by atoms with Gasteiger partial charge in [-0.2, -0.15) is 0 Å². The van der Waals surface area contributed by atoms with Crippen molar-refractivity contribution in [2.24, 2.45) is 0 Å². The maximum atomic E-state index is 12.7. The molecular weight excluding hydrogens is 410 g/mol. The quantitative estimate of drug-likeness (QED) is 0.485. The lowest BCUT2D eigenvalue weighted by atomic mass is 9.98. The first-order valence-corrected chi connectivity index (χ1v) is 10.2. The largest absolute Gasteiger partial charge is 0.548 e. The molecule has 7 nitrogen and oxygen atoms in total. The Morgan fingerprint density at radius 1 is 0.938 bits per heavy atom. The highest BCUT2D eigenvalue weighted by Gasteiger charge is 2.22. The molecule has 7 heteroatoms. The van der Waals surface area contributed by atoms with Crippen LogP contribution in [0.1, 0.15) is 39.6 Å². The Kier molecular flexibility index (Phi) is 5.34. The van der Waals surface area contributed by atoms with Crippen LogP contribution in [-0.2, 0) is 16.0 Å². The summed E-state index contributed by atoms with van der Waals surface area (Å²) in [5.74, 6) is -1.27. The summed E-state index contributed by atoms with van der Waals surface area (Å²) in [5, 5.41) is 15.6. The number of aryl methyl sites for hydroxylation is 4. The number of fused-ring (bicyclic) bond motifs is 2. The van der Waals surface area contributed by atoms with Gasteiger partial charge in [-0.1, -0.05) is 30.3 Å². The number of nitrogens with one attached hydrogen (secondary N) is 1. The van der Waals surface area contributed by atoms with Gasteiger partial charge in [0.25, 0.3) is 0 Å². The molecule has 0 bridgehead atoms. The maximum absolute atomic E-state index is 12.7. The van der Waals surface area contributed by atoms with Crippen LogP contribution in [-0.4, -0.2) is 11.9 Å². The summed E-state index contributed by atoms with van der Waals surface area (Å²) in [6.07, 6.45) is -0.318. The minimum Gasteiger partial charge on any atom is -0.548 e. The van der Waals surface area contributed by atoms with Gasteiger partial charge in [-0.3, -0.25) is 4.79 Å². The van der Waals surface area contributed by atoms with Crippen molar-refractivity contribution in [3.63, 3.8) is 0 Å². The molecule has 2 aromatic heterocycles. The number of aliphatic carboxylic acids is 1. The van der Waals surface area contributed by atoms with Crippen LogP contribution in [0.15, 0.2) is 50.0 Å². The molecule has 0 aliphatic rings. The van der Waals surface area contributed by atoms with Crippen LogP contribution in [0, 0.1) is 27.7 Å². The van der Waals surface area contributed by atoms with Gasteiger partial charge in [0, 0.05) is 16.3 Å². The number of benzene rings is 2. The smallest absolute Gasteiger partial charge is 0.340 e. The first-order chi connectivity index (χ1) is 15.2. The fourth-order valence-corrected chi connectivity index (χ4v) is 3.99. The van der Waals surface area contributed by atoms with Crippen molar-refractivity contribution in [3.8, 4) is 0 Å². The number of carboxylic acids is 1. The van der Waals surface area contributed by atoms with E-state index in [1.807, 2.05) is 26.8 Å². The predicted molar refractivity (Wildman–Crippen MR) is 117 cm³/mol. The lowest BCUT2D eigenvalue weighted by molar-refractivity contribution is -0.308. The number of carbonyl (C=O) groups is 2. The first kappa shape index (κ1) is 21.4. The second kappa shape index (κ2) is 8.00. The Hall–Kier alpha value is -3.87. The van der Waals surface area contributed by atoms with Crippen molar-refractivity contribution >= 4 is 33.8 Å². The van der Waals surface area contributed by atoms with E-state index in [-0.39, 0.29) is 12.0 Å². The number of carbonyl (C=O) groups excluding carboxylic acids is 2. The molecule has 4 rings (SSSR count). The molecule has 0 radical (unpaired) electrons. The normalized spacial score (nSPS) is 12.2. The van der Waals surface area contributed by atoms with Crippen LogP contribution in [0.2, 0.25) is 0 Å². The summed E-state index contributed by atoms with van der Waals surface area (Å²) < 4.78 is 11.4. The summed E-state index contributed by atoms with van der Waals surface area (Å²) in [6, 6.07) is 8.82. The summed E-state index contributed by atoms with van der Waals surface area (Å²) in [7, 11) is 0. The average molecular weight is 432 g/mol. The predicted octanol–water partition coefficient (Wildman–Crippen LogP) is 2.92. The molecule has 164 valence electrons. The monoisotopic (exact) mass is 432 g/mol. The Bertz CT molecular complexity index is 1430. The third kappa shape index (κ3) is 3.56. The Morgan fingerprint density at radius 3 is 2.22 bits per heavy atom. The molecule has 0 fully saturated rings. The lowest BCUT2D eigenvalue weighted by Gasteiger charge is -2.20. The molecule has 4 aromatic rings. The highest BCUT2D eigenvalue weighted by atomic mass is 16.4. The molecule has 32 heavy (non-hydrogen) atoms. The summed E-state index contributed by atoms with van der Waals surface area (Å²) in [4.78, 5) is 37.0. The maximum Gasteiger partial charge on any atom is 0.340 e. The molecule has 1 N–H and O–H groups in total. The molecule has 1 atom stereocenters. The molecular formula is C25H22NO6-. The van der Waals surface area contributed by atoms with E-state index in [9.17, 15) is 19.5 Å². The van der Waals surface area contributed by atoms with E-state index in [4.69, 9.17) is 8.83 Å². The number of furan rings is 1. The van der Waals surface area contributed by atoms with Gasteiger partial charge in [0.2, 0.25) is 5.91 Å². The van der Waals surface area contributed by atoms with Crippen molar-refractivity contribution in [2.45, 2.75) is 40.2 Å². The topological polar surface area (TPSA) is 113 Å². The van der Waals surface area contributed by atoms with Crippen molar-refractivity contribution < 1.29 is 23.5 Å². The van der Waals surface area contributed by atoms with Crippen LogP contribution in [0.4, 0.5) is 0 Å². The van der Waals surface area contributed by atoms with E-state index >= 15 is 0 Å². The highest BCUT2D eigenvalue weighted by molar-refractivity contribution is 6.00. The van der Waals surface area contributed by atoms with Gasteiger partial charge < -0.3 is 24.1 Å². The second-order valence-corrected chi connectivity index (χ2v) is 7.94. The van der Waals surface area contributed by atoms with Crippen LogP contribution >= 0.6 is 0 Å². The van der Waals surface area contributed by atoms with E-state index in [0.29, 0.717) is 33.2 Å². The molecule has 0 saturated heterocycles. The van der Waals surface area contributed by atoms with Crippen molar-refractivity contribution in [1.29, 1.82) is 0 Å². The molecule has 0 saturated carbocycles. The van der Waals surface area contributed by atoms with E-state index in [1.54, 1.807) is 37.3 Å². The standard InChI is InChI=1S/C25H23NO6/c1-12-15(4)31-22-14(3)23-18(10-17(12)22)13(2)19(25(30)32-23)11-20(27)26-21(24(28)29)16-8-6-5-7-9-16/h5-10,21H,11H2,1-4H3,(H,26,27)(H,28,29)/p-1/t21-/m1/s1. The zero-order valence-corrected chi connectivity index (χ0v) is 18.2. The molecule has 2 heterocycles. The third-order valence-corrected chi connectivity index (χ3v) is 5.96. The zero-order valence-electron chi connectivity index (χ0n) is 18.2. The van der Waals surface area contributed by atoms with Gasteiger partial charge in [0.1, 0.15) is 16.9 Å². The Labute approximate surface area is 183 Å². The van der Waals surface area contributed by atoms with Gasteiger partial charge in [0.05, 0.1) is 24.0 Å². The minimum atomic E-state index is -1.43. The summed E-state index contributed by atoms with van der Waals surface area (Å²) >= 11 is 0. The van der Waals surface area contributed by atoms with Crippen molar-refractivity contribution in [3.05, 3.63) is 80.4 Å². The van der Waals surface area contributed by atoms with Gasteiger partial charge in [-0.15, -0.1) is 0 Å². The van der Waals surface area contributed by atoms with Gasteiger partial charge in [0.15, 0.2) is 0 Å². The fourth-order valence-electron chi connectivity index (χ4n) is 3.99. The molecule has 0 aliphatic carbocycles. The number of rotatable bonds is 5. The summed E-state index contributed by atoms with van der Waals surface area (Å²) in [5.41, 5.74) is 3.32. The Balaban J connectivity index is 1.73. The molecule has 0 unspecified atom stereocenters. The molecule has 0 spiro atoms. The highest BCUT2D eigenvalue weighted by Crippen LogP contribution is 2.34. The molecule has 0 aliphatic heterocycles. The van der Waals surface area contributed by atoms with E-state index in [2.05, 4.69) is 5.32 Å². The number of amides is 1. The van der Waals surface area contributed by atoms with Gasteiger partial charge in [-0.05, 0) is 50.5 Å². The van der Waals surface area contributed by atoms with E-state index in [1.165, 1.54) is 0 Å². The number of carboxylic acid groups (broad SMARTS) is 1. The lowest BCUT2D eigenvalue weighted by Crippen LogP contribution is -2.42. The van der Waals surface area contributed by atoms with Gasteiger partial charge >= 0.3 is 5.63 Å². The number of hydrogen-bond acceptors (Lipinski definition) is 6. The van der Waals surface area contributed by atoms with Crippen LogP contribution in [0.3, 0.4) is 0 Å². The van der Waals surface area contributed by atoms with Crippen LogP contribution in [0.25, 0.3) is 21.9 Å². The first-order valence-electron chi connectivity index (χ1n) is 10.2. The molecule has 1 amide bonds. The van der Waals surface area contributed by atoms with Crippen molar-refractivity contribution in [1.82, 2.24) is 5.32 Å². The van der Waals surface area contributed by atoms with E-state index < -0.39 is 23.5 Å². The zero-order chi connectivity index (χ0) is 23.2. The Morgan fingerprint density at radius 2 is 1.56 bits per heavy atom.